The average Bonchev–Trinajstić information content (AvgIpc) is 3.23. The monoisotopic (exact) mass is 440 g/mol. The molecule has 0 saturated carbocycles. The number of hydrogen-bond acceptors (Lipinski definition) is 5. The van der Waals surface area contributed by atoms with Gasteiger partial charge in [0.25, 0.3) is 11.8 Å². The molecule has 3 aromatic rings. The number of carbonyl (C=O) groups is 2. The highest BCUT2D eigenvalue weighted by Gasteiger charge is 2.21. The molecule has 0 aliphatic heterocycles. The van der Waals surface area contributed by atoms with Gasteiger partial charge in [0.05, 0.1) is 29.7 Å². The molecular formula is C23H25FN4O4. The predicted molar refractivity (Wildman–Crippen MR) is 116 cm³/mol. The van der Waals surface area contributed by atoms with Gasteiger partial charge in [-0.05, 0) is 49.2 Å². The van der Waals surface area contributed by atoms with E-state index in [1.54, 1.807) is 41.1 Å². The Morgan fingerprint density at radius 3 is 2.31 bits per heavy atom. The van der Waals surface area contributed by atoms with E-state index < -0.39 is 11.8 Å². The van der Waals surface area contributed by atoms with Crippen LogP contribution in [0.5, 0.6) is 11.5 Å². The Balaban J connectivity index is 1.64. The molecule has 0 bridgehead atoms. The fourth-order valence-corrected chi connectivity index (χ4v) is 3.09. The van der Waals surface area contributed by atoms with Gasteiger partial charge < -0.3 is 9.47 Å². The van der Waals surface area contributed by atoms with Crippen LogP contribution in [0.3, 0.4) is 0 Å². The van der Waals surface area contributed by atoms with Crippen LogP contribution >= 0.6 is 0 Å². The number of para-hydroxylation sites is 2. The Morgan fingerprint density at radius 1 is 1.03 bits per heavy atom. The maximum absolute atomic E-state index is 13.3. The third-order valence-electron chi connectivity index (χ3n) is 4.49. The first-order chi connectivity index (χ1) is 15.4. The smallest absolute Gasteiger partial charge is 0.276 e. The molecule has 0 saturated heterocycles. The normalized spacial score (nSPS) is 10.7. The van der Waals surface area contributed by atoms with Crippen molar-refractivity contribution in [2.75, 3.05) is 13.2 Å². The molecule has 1 aromatic heterocycles. The van der Waals surface area contributed by atoms with Gasteiger partial charge >= 0.3 is 0 Å². The first kappa shape index (κ1) is 22.8. The van der Waals surface area contributed by atoms with E-state index in [4.69, 9.17) is 9.47 Å². The second-order valence-corrected chi connectivity index (χ2v) is 7.16. The predicted octanol–water partition coefficient (Wildman–Crippen LogP) is 3.37. The van der Waals surface area contributed by atoms with Crippen molar-refractivity contribution in [3.8, 4) is 17.2 Å². The number of halogens is 1. The second kappa shape index (κ2) is 10.4. The molecule has 2 aromatic carbocycles. The molecule has 2 N–H and O–H groups in total. The summed E-state index contributed by atoms with van der Waals surface area (Å²) in [5.41, 5.74) is 6.27. The van der Waals surface area contributed by atoms with E-state index >= 15 is 0 Å². The highest BCUT2D eigenvalue weighted by molar-refractivity contribution is 5.96. The number of aromatic nitrogens is 2. The Kier molecular flexibility index (Phi) is 7.43. The minimum atomic E-state index is -0.540. The number of benzene rings is 2. The van der Waals surface area contributed by atoms with Crippen molar-refractivity contribution in [1.82, 2.24) is 20.6 Å². The zero-order chi connectivity index (χ0) is 23.1. The molecule has 0 radical (unpaired) electrons. The van der Waals surface area contributed by atoms with Gasteiger partial charge in [-0.3, -0.25) is 20.4 Å². The fourth-order valence-electron chi connectivity index (χ4n) is 3.09. The summed E-state index contributed by atoms with van der Waals surface area (Å²) < 4.78 is 25.8. The summed E-state index contributed by atoms with van der Waals surface area (Å²) in [6.45, 7) is 5.83. The number of nitrogens with zero attached hydrogens (tertiary/aromatic N) is 2. The summed E-state index contributed by atoms with van der Waals surface area (Å²) in [6.07, 6.45) is 1.41. The van der Waals surface area contributed by atoms with Crippen LogP contribution < -0.4 is 20.3 Å². The molecule has 9 heteroatoms. The summed E-state index contributed by atoms with van der Waals surface area (Å²) in [5, 5.41) is 4.27. The number of carbonyl (C=O) groups excluding carboxylic acids is 2. The summed E-state index contributed by atoms with van der Waals surface area (Å²) in [6, 6.07) is 12.8. The minimum Gasteiger partial charge on any atom is -0.490 e. The molecule has 168 valence electrons. The van der Waals surface area contributed by atoms with Crippen LogP contribution in [0.2, 0.25) is 0 Å². The van der Waals surface area contributed by atoms with Crippen LogP contribution in [0.15, 0.2) is 54.7 Å². The van der Waals surface area contributed by atoms with Gasteiger partial charge in [-0.1, -0.05) is 26.0 Å². The van der Waals surface area contributed by atoms with Crippen LogP contribution in [-0.4, -0.2) is 34.8 Å². The van der Waals surface area contributed by atoms with E-state index in [0.717, 1.165) is 0 Å². The van der Waals surface area contributed by atoms with Crippen molar-refractivity contribution in [1.29, 1.82) is 0 Å². The number of amides is 2. The highest BCUT2D eigenvalue weighted by Crippen LogP contribution is 2.26. The van der Waals surface area contributed by atoms with Crippen LogP contribution in [0, 0.1) is 5.82 Å². The lowest BCUT2D eigenvalue weighted by Crippen LogP contribution is -2.44. The standard InChI is InChI=1S/C23H25FN4O4/c1-4-31-19-7-5-6-8-20(19)32-14-21(29)26-27-23(30)18-13-25-28(22(18)15(2)3)17-11-9-16(24)10-12-17/h5-13,15H,4,14H2,1-3H3,(H,26,29)(H,27,30). The van der Waals surface area contributed by atoms with Crippen LogP contribution in [0.1, 0.15) is 42.7 Å². The first-order valence-electron chi connectivity index (χ1n) is 10.2. The minimum absolute atomic E-state index is 0.0580. The Labute approximate surface area is 185 Å². The largest absolute Gasteiger partial charge is 0.490 e. The molecule has 8 nitrogen and oxygen atoms in total. The van der Waals surface area contributed by atoms with Crippen LogP contribution in [-0.2, 0) is 4.79 Å². The number of rotatable bonds is 8. The van der Waals surface area contributed by atoms with Gasteiger partial charge in [-0.25, -0.2) is 9.07 Å². The van der Waals surface area contributed by atoms with Gasteiger partial charge in [-0.15, -0.1) is 0 Å². The Morgan fingerprint density at radius 2 is 1.69 bits per heavy atom. The lowest BCUT2D eigenvalue weighted by atomic mass is 10.1. The summed E-state index contributed by atoms with van der Waals surface area (Å²) in [7, 11) is 0. The van der Waals surface area contributed by atoms with E-state index in [9.17, 15) is 14.0 Å². The molecule has 2 amide bonds. The van der Waals surface area contributed by atoms with Crippen molar-refractivity contribution >= 4 is 11.8 Å². The fraction of sp³-hybridized carbons (Fsp3) is 0.261. The quantitative estimate of drug-likeness (QED) is 0.524. The Bertz CT molecular complexity index is 1080. The van der Waals surface area contributed by atoms with Gasteiger partial charge in [-0.2, -0.15) is 5.10 Å². The second-order valence-electron chi connectivity index (χ2n) is 7.16. The average molecular weight is 440 g/mol. The maximum Gasteiger partial charge on any atom is 0.276 e. The zero-order valence-electron chi connectivity index (χ0n) is 18.1. The molecule has 1 heterocycles. The zero-order valence-corrected chi connectivity index (χ0v) is 18.1. The van der Waals surface area contributed by atoms with Crippen molar-refractivity contribution in [2.24, 2.45) is 0 Å². The number of hydrogen-bond donors (Lipinski definition) is 2. The van der Waals surface area contributed by atoms with Crippen molar-refractivity contribution in [3.05, 3.63) is 71.8 Å². The van der Waals surface area contributed by atoms with Gasteiger partial charge in [0, 0.05) is 0 Å². The van der Waals surface area contributed by atoms with Crippen LogP contribution in [0.25, 0.3) is 5.69 Å². The molecule has 0 spiro atoms. The SMILES string of the molecule is CCOc1ccccc1OCC(=O)NNC(=O)c1cnn(-c2ccc(F)cc2)c1C(C)C. The van der Waals surface area contributed by atoms with Crippen molar-refractivity contribution in [2.45, 2.75) is 26.7 Å². The molecular weight excluding hydrogens is 415 g/mol. The van der Waals surface area contributed by atoms with E-state index in [2.05, 4.69) is 16.0 Å². The van der Waals surface area contributed by atoms with E-state index in [-0.39, 0.29) is 18.3 Å². The molecule has 0 aliphatic rings. The lowest BCUT2D eigenvalue weighted by Gasteiger charge is -2.14. The van der Waals surface area contributed by atoms with E-state index in [0.29, 0.717) is 35.1 Å². The van der Waals surface area contributed by atoms with Gasteiger partial charge in [0.15, 0.2) is 18.1 Å². The number of nitrogens with one attached hydrogen (secondary N) is 2. The summed E-state index contributed by atoms with van der Waals surface area (Å²) >= 11 is 0. The third kappa shape index (κ3) is 5.42. The number of hydrazine groups is 1. The van der Waals surface area contributed by atoms with Gasteiger partial charge in [0.2, 0.25) is 0 Å². The molecule has 3 rings (SSSR count). The van der Waals surface area contributed by atoms with E-state index in [1.807, 2.05) is 20.8 Å². The number of ether oxygens (including phenoxy) is 2. The lowest BCUT2D eigenvalue weighted by molar-refractivity contribution is -0.123. The van der Waals surface area contributed by atoms with Crippen molar-refractivity contribution in [3.63, 3.8) is 0 Å². The summed E-state index contributed by atoms with van der Waals surface area (Å²) in [5.74, 6) is -0.525. The van der Waals surface area contributed by atoms with Crippen molar-refractivity contribution < 1.29 is 23.5 Å². The van der Waals surface area contributed by atoms with Crippen LogP contribution in [0.4, 0.5) is 4.39 Å². The molecule has 0 unspecified atom stereocenters. The third-order valence-corrected chi connectivity index (χ3v) is 4.49. The first-order valence-corrected chi connectivity index (χ1v) is 10.2. The summed E-state index contributed by atoms with van der Waals surface area (Å²) in [4.78, 5) is 24.8. The highest BCUT2D eigenvalue weighted by atomic mass is 19.1. The molecule has 0 fully saturated rings. The molecule has 32 heavy (non-hydrogen) atoms. The van der Waals surface area contributed by atoms with E-state index in [1.165, 1.54) is 18.3 Å². The topological polar surface area (TPSA) is 94.5 Å². The Hall–Kier alpha value is -3.88. The molecule has 0 atom stereocenters. The molecule has 0 aliphatic carbocycles. The maximum atomic E-state index is 13.3. The van der Waals surface area contributed by atoms with Gasteiger partial charge in [0.1, 0.15) is 5.82 Å².